The number of carbonyl (C=O) groups is 3. The van der Waals surface area contributed by atoms with E-state index < -0.39 is 22.0 Å². The van der Waals surface area contributed by atoms with Gasteiger partial charge >= 0.3 is 0 Å². The van der Waals surface area contributed by atoms with E-state index in [1.54, 1.807) is 13.0 Å². The second-order valence-corrected chi connectivity index (χ2v) is 7.75. The highest BCUT2D eigenvalue weighted by molar-refractivity contribution is 8.18. The maximum Gasteiger partial charge on any atom is 0.293 e. The van der Waals surface area contributed by atoms with Gasteiger partial charge in [-0.15, -0.1) is 0 Å². The van der Waals surface area contributed by atoms with E-state index in [1.807, 2.05) is 31.2 Å². The lowest BCUT2D eigenvalue weighted by molar-refractivity contribution is -0.385. The molecule has 0 radical (unpaired) electrons. The van der Waals surface area contributed by atoms with Crippen LogP contribution >= 0.6 is 11.8 Å². The summed E-state index contributed by atoms with van der Waals surface area (Å²) in [5.74, 6) is -0.832. The predicted molar refractivity (Wildman–Crippen MR) is 114 cm³/mol. The van der Waals surface area contributed by atoms with Gasteiger partial charge in [0.2, 0.25) is 0 Å². The standard InChI is InChI=1S/C21H19N3O5S/c1-13-3-5-15(6-4-13)12-18-20(26)23(21(27)30-18)10-9-22-19(25)16-7-8-17(24(28)29)14(2)11-16/h3-8,11-12H,9-10H2,1-2H3,(H,22,25). The van der Waals surface area contributed by atoms with Crippen molar-refractivity contribution in [1.29, 1.82) is 0 Å². The number of carbonyl (C=O) groups excluding carboxylic acids is 3. The molecule has 1 fully saturated rings. The summed E-state index contributed by atoms with van der Waals surface area (Å²) in [4.78, 5) is 48.7. The van der Waals surface area contributed by atoms with Crippen LogP contribution < -0.4 is 5.32 Å². The first-order valence-corrected chi connectivity index (χ1v) is 9.93. The number of hydrogen-bond donors (Lipinski definition) is 1. The van der Waals surface area contributed by atoms with Crippen molar-refractivity contribution in [2.45, 2.75) is 13.8 Å². The first-order valence-electron chi connectivity index (χ1n) is 9.11. The molecule has 0 aromatic heterocycles. The Labute approximate surface area is 177 Å². The van der Waals surface area contributed by atoms with Crippen LogP contribution in [0, 0.1) is 24.0 Å². The lowest BCUT2D eigenvalue weighted by Crippen LogP contribution is -2.37. The van der Waals surface area contributed by atoms with Gasteiger partial charge in [-0.25, -0.2) is 0 Å². The summed E-state index contributed by atoms with van der Waals surface area (Å²) in [5.41, 5.74) is 2.50. The summed E-state index contributed by atoms with van der Waals surface area (Å²) in [5, 5.41) is 13.1. The van der Waals surface area contributed by atoms with E-state index in [0.717, 1.165) is 27.8 Å². The molecule has 3 amide bonds. The van der Waals surface area contributed by atoms with Crippen LogP contribution in [-0.2, 0) is 4.79 Å². The molecule has 1 aliphatic heterocycles. The van der Waals surface area contributed by atoms with Crippen molar-refractivity contribution in [3.05, 3.63) is 79.7 Å². The van der Waals surface area contributed by atoms with Gasteiger partial charge in [0.05, 0.1) is 9.83 Å². The van der Waals surface area contributed by atoms with E-state index in [0.29, 0.717) is 10.5 Å². The monoisotopic (exact) mass is 425 g/mol. The number of nitrogens with zero attached hydrogens (tertiary/aromatic N) is 2. The van der Waals surface area contributed by atoms with E-state index in [1.165, 1.54) is 18.2 Å². The number of nitro benzene ring substituents is 1. The molecule has 2 aromatic carbocycles. The second-order valence-electron chi connectivity index (χ2n) is 6.76. The Balaban J connectivity index is 1.59. The average Bonchev–Trinajstić information content (AvgIpc) is 2.96. The fraction of sp³-hybridized carbons (Fsp3) is 0.190. The minimum atomic E-state index is -0.513. The summed E-state index contributed by atoms with van der Waals surface area (Å²) in [6.45, 7) is 3.62. The van der Waals surface area contributed by atoms with Crippen LogP contribution in [-0.4, -0.2) is 40.0 Å². The number of nitro groups is 1. The van der Waals surface area contributed by atoms with Gasteiger partial charge in [0.25, 0.3) is 22.7 Å². The van der Waals surface area contributed by atoms with Crippen molar-refractivity contribution in [2.24, 2.45) is 0 Å². The van der Waals surface area contributed by atoms with E-state index in [9.17, 15) is 24.5 Å². The Morgan fingerprint density at radius 1 is 1.17 bits per heavy atom. The molecule has 0 aliphatic carbocycles. The first-order chi connectivity index (χ1) is 14.3. The number of rotatable bonds is 6. The van der Waals surface area contributed by atoms with Gasteiger partial charge < -0.3 is 5.32 Å². The smallest absolute Gasteiger partial charge is 0.293 e. The number of benzene rings is 2. The number of nitrogens with one attached hydrogen (secondary N) is 1. The van der Waals surface area contributed by atoms with Crippen LogP contribution in [0.15, 0.2) is 47.4 Å². The molecule has 1 saturated heterocycles. The van der Waals surface area contributed by atoms with Crippen molar-refractivity contribution in [1.82, 2.24) is 10.2 Å². The number of imide groups is 1. The zero-order valence-corrected chi connectivity index (χ0v) is 17.2. The van der Waals surface area contributed by atoms with Crippen molar-refractivity contribution in [3.8, 4) is 0 Å². The molecule has 1 heterocycles. The molecule has 154 valence electrons. The van der Waals surface area contributed by atoms with E-state index in [-0.39, 0.29) is 24.3 Å². The Kier molecular flexibility index (Phi) is 6.31. The molecule has 0 bridgehead atoms. The minimum Gasteiger partial charge on any atom is -0.350 e. The lowest BCUT2D eigenvalue weighted by Gasteiger charge is -2.13. The van der Waals surface area contributed by atoms with Crippen LogP contribution in [0.3, 0.4) is 0 Å². The van der Waals surface area contributed by atoms with Crippen LogP contribution in [0.1, 0.15) is 27.0 Å². The first kappa shape index (κ1) is 21.3. The van der Waals surface area contributed by atoms with Gasteiger partial charge in [0, 0.05) is 30.3 Å². The third-order valence-electron chi connectivity index (χ3n) is 4.53. The maximum atomic E-state index is 12.5. The average molecular weight is 425 g/mol. The van der Waals surface area contributed by atoms with Gasteiger partial charge in [0.15, 0.2) is 0 Å². The maximum absolute atomic E-state index is 12.5. The Hall–Kier alpha value is -3.46. The number of hydrogen-bond acceptors (Lipinski definition) is 6. The SMILES string of the molecule is Cc1ccc(C=C2SC(=O)N(CCNC(=O)c3ccc([N+](=O)[O-])c(C)c3)C2=O)cc1. The van der Waals surface area contributed by atoms with Crippen molar-refractivity contribution < 1.29 is 19.3 Å². The molecule has 1 aliphatic rings. The second kappa shape index (κ2) is 8.91. The largest absolute Gasteiger partial charge is 0.350 e. The minimum absolute atomic E-state index is 0.0353. The van der Waals surface area contributed by atoms with Gasteiger partial charge in [-0.1, -0.05) is 29.8 Å². The molecular formula is C21H19N3O5S. The fourth-order valence-electron chi connectivity index (χ4n) is 2.89. The molecular weight excluding hydrogens is 406 g/mol. The summed E-state index contributed by atoms with van der Waals surface area (Å²) in [6.07, 6.45) is 1.67. The molecule has 0 atom stereocenters. The van der Waals surface area contributed by atoms with Crippen molar-refractivity contribution in [3.63, 3.8) is 0 Å². The van der Waals surface area contributed by atoms with Crippen LogP contribution in [0.25, 0.3) is 6.08 Å². The molecule has 9 heteroatoms. The molecule has 0 unspecified atom stereocenters. The number of aryl methyl sites for hydroxylation is 2. The highest BCUT2D eigenvalue weighted by Gasteiger charge is 2.34. The molecule has 2 aromatic rings. The zero-order chi connectivity index (χ0) is 21.8. The molecule has 1 N–H and O–H groups in total. The van der Waals surface area contributed by atoms with E-state index in [4.69, 9.17) is 0 Å². The Morgan fingerprint density at radius 3 is 2.50 bits per heavy atom. The van der Waals surface area contributed by atoms with Crippen LogP contribution in [0.2, 0.25) is 0 Å². The highest BCUT2D eigenvalue weighted by atomic mass is 32.2. The summed E-state index contributed by atoms with van der Waals surface area (Å²) < 4.78 is 0. The molecule has 30 heavy (non-hydrogen) atoms. The predicted octanol–water partition coefficient (Wildman–Crippen LogP) is 3.68. The Bertz CT molecular complexity index is 1060. The third-order valence-corrected chi connectivity index (χ3v) is 5.43. The van der Waals surface area contributed by atoms with E-state index in [2.05, 4.69) is 5.32 Å². The fourth-order valence-corrected chi connectivity index (χ4v) is 3.76. The molecule has 0 spiro atoms. The molecule has 0 saturated carbocycles. The van der Waals surface area contributed by atoms with Gasteiger partial charge in [-0.3, -0.25) is 29.4 Å². The highest BCUT2D eigenvalue weighted by Crippen LogP contribution is 2.31. The zero-order valence-electron chi connectivity index (χ0n) is 16.4. The van der Waals surface area contributed by atoms with Crippen molar-refractivity contribution >= 4 is 40.6 Å². The normalized spacial score (nSPS) is 15.0. The van der Waals surface area contributed by atoms with Crippen LogP contribution in [0.5, 0.6) is 0 Å². The Morgan fingerprint density at radius 2 is 1.87 bits per heavy atom. The lowest BCUT2D eigenvalue weighted by atomic mass is 10.1. The van der Waals surface area contributed by atoms with Gasteiger partial charge in [-0.05, 0) is 49.4 Å². The summed E-state index contributed by atoms with van der Waals surface area (Å²) in [6, 6.07) is 11.7. The third kappa shape index (κ3) is 4.74. The summed E-state index contributed by atoms with van der Waals surface area (Å²) in [7, 11) is 0. The van der Waals surface area contributed by atoms with E-state index >= 15 is 0 Å². The van der Waals surface area contributed by atoms with Crippen LogP contribution in [0.4, 0.5) is 10.5 Å². The quantitative estimate of drug-likeness (QED) is 0.430. The number of amides is 3. The van der Waals surface area contributed by atoms with Gasteiger partial charge in [-0.2, -0.15) is 0 Å². The van der Waals surface area contributed by atoms with Gasteiger partial charge in [0.1, 0.15) is 0 Å². The topological polar surface area (TPSA) is 110 Å². The molecule has 8 nitrogen and oxygen atoms in total. The van der Waals surface area contributed by atoms with Crippen molar-refractivity contribution in [2.75, 3.05) is 13.1 Å². The number of thioether (sulfide) groups is 1. The summed E-state index contributed by atoms with van der Waals surface area (Å²) >= 11 is 0.864. The molecule has 3 rings (SSSR count).